The van der Waals surface area contributed by atoms with Gasteiger partial charge in [-0.05, 0) is 25.1 Å². The summed E-state index contributed by atoms with van der Waals surface area (Å²) in [5.41, 5.74) is 3.93. The molecule has 0 fully saturated rings. The number of fused-ring (bicyclic) bond motifs is 1. The Morgan fingerprint density at radius 1 is 1.25 bits per heavy atom. The number of para-hydroxylation sites is 1. The molecular weight excluding hydrogens is 328 g/mol. The van der Waals surface area contributed by atoms with E-state index in [-0.39, 0.29) is 18.7 Å². The van der Waals surface area contributed by atoms with E-state index in [0.717, 1.165) is 9.78 Å². The zero-order valence-electron chi connectivity index (χ0n) is 13.0. The first-order valence-electron chi connectivity index (χ1n) is 7.35. The van der Waals surface area contributed by atoms with Gasteiger partial charge in [0.25, 0.3) is 5.91 Å². The van der Waals surface area contributed by atoms with Crippen LogP contribution in [-0.2, 0) is 15.2 Å². The van der Waals surface area contributed by atoms with Crippen LogP contribution in [0.5, 0.6) is 0 Å². The van der Waals surface area contributed by atoms with E-state index in [1.165, 1.54) is 11.3 Å². The van der Waals surface area contributed by atoms with Gasteiger partial charge in [0, 0.05) is 10.4 Å². The second-order valence-corrected chi connectivity index (χ2v) is 7.03. The zero-order chi connectivity index (χ0) is 17.5. The van der Waals surface area contributed by atoms with E-state index in [1.807, 2.05) is 13.0 Å². The maximum absolute atomic E-state index is 12.7. The minimum absolute atomic E-state index is 0.317. The third kappa shape index (κ3) is 2.61. The molecule has 3 N–H and O–H groups in total. The minimum atomic E-state index is -1.99. The monoisotopic (exact) mass is 344 g/mol. The number of rotatable bonds is 5. The standard InChI is InChI=1S/C17H16N2O4S/c1-10-6-7-14(24-10)13(20)8-17(23)11-4-2-3-5-12(11)19(16(17)22)9-15(18)21/h2-7,23H,8-9H2,1H3,(H2,18,21)/t17-/m1/s1. The van der Waals surface area contributed by atoms with Gasteiger partial charge < -0.3 is 10.8 Å². The summed E-state index contributed by atoms with van der Waals surface area (Å²) in [5, 5.41) is 11.0. The number of hydrogen-bond donors (Lipinski definition) is 2. The van der Waals surface area contributed by atoms with Crippen LogP contribution in [0.1, 0.15) is 26.5 Å². The van der Waals surface area contributed by atoms with Gasteiger partial charge in [0.15, 0.2) is 11.4 Å². The van der Waals surface area contributed by atoms with Crippen LogP contribution in [0.2, 0.25) is 0 Å². The molecule has 0 aliphatic carbocycles. The molecule has 1 aliphatic rings. The summed E-state index contributed by atoms with van der Waals surface area (Å²) >= 11 is 1.31. The number of primary amides is 1. The molecule has 0 bridgehead atoms. The normalized spacial score (nSPS) is 19.4. The van der Waals surface area contributed by atoms with Crippen molar-refractivity contribution in [2.45, 2.75) is 18.9 Å². The average Bonchev–Trinajstić information content (AvgIpc) is 3.05. The first-order valence-corrected chi connectivity index (χ1v) is 8.16. The molecule has 124 valence electrons. The van der Waals surface area contributed by atoms with E-state index in [0.29, 0.717) is 16.1 Å². The third-order valence-electron chi connectivity index (χ3n) is 3.98. The molecule has 2 amide bonds. The van der Waals surface area contributed by atoms with Crippen molar-refractivity contribution in [1.82, 2.24) is 0 Å². The number of hydrogen-bond acceptors (Lipinski definition) is 5. The van der Waals surface area contributed by atoms with Gasteiger partial charge in [-0.1, -0.05) is 18.2 Å². The second-order valence-electron chi connectivity index (χ2n) is 5.75. The summed E-state index contributed by atoms with van der Waals surface area (Å²) in [6.07, 6.45) is -0.377. The zero-order valence-corrected chi connectivity index (χ0v) is 13.8. The number of anilines is 1. The van der Waals surface area contributed by atoms with Gasteiger partial charge in [-0.3, -0.25) is 19.3 Å². The summed E-state index contributed by atoms with van der Waals surface area (Å²) < 4.78 is 0. The summed E-state index contributed by atoms with van der Waals surface area (Å²) in [5.74, 6) is -1.72. The van der Waals surface area contributed by atoms with Crippen LogP contribution in [0, 0.1) is 6.92 Å². The van der Waals surface area contributed by atoms with Gasteiger partial charge in [0.2, 0.25) is 5.91 Å². The number of nitrogens with two attached hydrogens (primary N) is 1. The van der Waals surface area contributed by atoms with Crippen molar-refractivity contribution in [3.8, 4) is 0 Å². The van der Waals surface area contributed by atoms with Crippen molar-refractivity contribution in [1.29, 1.82) is 0 Å². The molecule has 0 saturated carbocycles. The first-order chi connectivity index (χ1) is 11.3. The van der Waals surface area contributed by atoms with Crippen LogP contribution in [0.3, 0.4) is 0 Å². The highest BCUT2D eigenvalue weighted by molar-refractivity contribution is 7.14. The topological polar surface area (TPSA) is 101 Å². The fourth-order valence-electron chi connectivity index (χ4n) is 2.89. The fraction of sp³-hybridized carbons (Fsp3) is 0.235. The van der Waals surface area contributed by atoms with Crippen molar-refractivity contribution in [2.24, 2.45) is 5.73 Å². The molecule has 0 radical (unpaired) electrons. The first kappa shape index (κ1) is 16.4. The largest absolute Gasteiger partial charge is 0.375 e. The van der Waals surface area contributed by atoms with Crippen molar-refractivity contribution in [3.63, 3.8) is 0 Å². The van der Waals surface area contributed by atoms with E-state index in [2.05, 4.69) is 0 Å². The third-order valence-corrected chi connectivity index (χ3v) is 5.03. The number of carbonyl (C=O) groups excluding carboxylic acids is 3. The molecule has 2 aromatic rings. The summed E-state index contributed by atoms with van der Waals surface area (Å²) in [6.45, 7) is 1.53. The molecule has 24 heavy (non-hydrogen) atoms. The van der Waals surface area contributed by atoms with Crippen molar-refractivity contribution < 1.29 is 19.5 Å². The molecule has 1 aromatic heterocycles. The number of nitrogens with zero attached hydrogens (tertiary/aromatic N) is 1. The van der Waals surface area contributed by atoms with E-state index < -0.39 is 17.4 Å². The highest BCUT2D eigenvalue weighted by atomic mass is 32.1. The number of carbonyl (C=O) groups is 3. The van der Waals surface area contributed by atoms with Gasteiger partial charge in [-0.25, -0.2) is 0 Å². The Hall–Kier alpha value is -2.51. The lowest BCUT2D eigenvalue weighted by Crippen LogP contribution is -2.44. The van der Waals surface area contributed by atoms with E-state index in [1.54, 1.807) is 30.3 Å². The van der Waals surface area contributed by atoms with Gasteiger partial charge in [-0.15, -0.1) is 11.3 Å². The van der Waals surface area contributed by atoms with E-state index >= 15 is 0 Å². The number of aliphatic hydroxyl groups is 1. The van der Waals surface area contributed by atoms with Crippen LogP contribution < -0.4 is 10.6 Å². The van der Waals surface area contributed by atoms with Crippen molar-refractivity contribution in [2.75, 3.05) is 11.4 Å². The van der Waals surface area contributed by atoms with Crippen LogP contribution >= 0.6 is 11.3 Å². The Morgan fingerprint density at radius 3 is 2.58 bits per heavy atom. The minimum Gasteiger partial charge on any atom is -0.375 e. The van der Waals surface area contributed by atoms with Crippen LogP contribution in [0.4, 0.5) is 5.69 Å². The molecule has 3 rings (SSSR count). The van der Waals surface area contributed by atoms with Gasteiger partial charge in [0.1, 0.15) is 6.54 Å². The van der Waals surface area contributed by atoms with Crippen LogP contribution in [0.15, 0.2) is 36.4 Å². The average molecular weight is 344 g/mol. The Balaban J connectivity index is 1.98. The van der Waals surface area contributed by atoms with E-state index in [4.69, 9.17) is 5.73 Å². The number of amides is 2. The summed E-state index contributed by atoms with van der Waals surface area (Å²) in [6, 6.07) is 10.1. The molecule has 0 unspecified atom stereocenters. The maximum atomic E-state index is 12.7. The predicted octanol–water partition coefficient (Wildman–Crippen LogP) is 1.35. The van der Waals surface area contributed by atoms with Gasteiger partial charge in [0.05, 0.1) is 17.0 Å². The summed E-state index contributed by atoms with van der Waals surface area (Å²) in [4.78, 5) is 39.0. The number of benzene rings is 1. The molecule has 1 aliphatic heterocycles. The molecule has 2 heterocycles. The molecule has 1 atom stereocenters. The van der Waals surface area contributed by atoms with Gasteiger partial charge >= 0.3 is 0 Å². The smallest absolute Gasteiger partial charge is 0.264 e. The lowest BCUT2D eigenvalue weighted by atomic mass is 9.89. The lowest BCUT2D eigenvalue weighted by Gasteiger charge is -2.21. The fourth-order valence-corrected chi connectivity index (χ4v) is 3.70. The Bertz CT molecular complexity index is 845. The quantitative estimate of drug-likeness (QED) is 0.800. The molecule has 0 spiro atoms. The maximum Gasteiger partial charge on any atom is 0.264 e. The molecule has 0 saturated heterocycles. The molecule has 6 nitrogen and oxygen atoms in total. The molecular formula is C17H16N2O4S. The number of ketones is 1. The van der Waals surface area contributed by atoms with E-state index in [9.17, 15) is 19.5 Å². The Labute approximate surface area is 142 Å². The number of aryl methyl sites for hydroxylation is 1. The second kappa shape index (κ2) is 5.85. The van der Waals surface area contributed by atoms with Gasteiger partial charge in [-0.2, -0.15) is 0 Å². The van der Waals surface area contributed by atoms with Crippen LogP contribution in [-0.4, -0.2) is 29.2 Å². The highest BCUT2D eigenvalue weighted by Crippen LogP contribution is 2.42. The number of thiophene rings is 1. The van der Waals surface area contributed by atoms with Crippen molar-refractivity contribution in [3.05, 3.63) is 51.7 Å². The lowest BCUT2D eigenvalue weighted by molar-refractivity contribution is -0.136. The molecule has 7 heteroatoms. The molecule has 1 aromatic carbocycles. The van der Waals surface area contributed by atoms with Crippen molar-refractivity contribution >= 4 is 34.6 Å². The Kier molecular flexibility index (Phi) is 3.98. The summed E-state index contributed by atoms with van der Waals surface area (Å²) in [7, 11) is 0. The SMILES string of the molecule is Cc1ccc(C(=O)C[C@]2(O)C(=O)N(CC(N)=O)c3ccccc32)s1. The van der Waals surface area contributed by atoms with Crippen LogP contribution in [0.25, 0.3) is 0 Å². The highest BCUT2D eigenvalue weighted by Gasteiger charge is 2.51. The Morgan fingerprint density at radius 2 is 1.96 bits per heavy atom. The predicted molar refractivity (Wildman–Crippen MR) is 89.9 cm³/mol. The number of Topliss-reactive ketones (excluding diaryl/α,β-unsaturated/α-hetero) is 1.